The van der Waals surface area contributed by atoms with Gasteiger partial charge in [-0.1, -0.05) is 32.0 Å². The van der Waals surface area contributed by atoms with E-state index in [-0.39, 0.29) is 17.7 Å². The molecule has 4 nitrogen and oxygen atoms in total. The Morgan fingerprint density at radius 2 is 1.96 bits per heavy atom. The molecule has 6 aliphatic rings. The van der Waals surface area contributed by atoms with Crippen LogP contribution < -0.4 is 4.90 Å². The van der Waals surface area contributed by atoms with Crippen molar-refractivity contribution in [3.63, 3.8) is 0 Å². The van der Waals surface area contributed by atoms with Crippen molar-refractivity contribution in [2.75, 3.05) is 18.5 Å². The molecule has 0 amide bonds. The molecule has 1 saturated carbocycles. The highest BCUT2D eigenvalue weighted by Crippen LogP contribution is 2.71. The molecule has 1 aromatic rings. The molecule has 1 spiro atoms. The maximum atomic E-state index is 11.9. The van der Waals surface area contributed by atoms with Gasteiger partial charge in [0.25, 0.3) is 0 Å². The number of nitrogens with zero attached hydrogens (tertiary/aromatic N) is 2. The molecule has 4 saturated heterocycles. The third kappa shape index (κ3) is 1.51. The SMILES string of the molecule is CCC[N+]12[C@H](O)[C@@H](CC)C3C[C@H]1[C@@H]1N(C)c4ccccc4C14C[C@H]2C3[C@H]4O. The van der Waals surface area contributed by atoms with E-state index in [4.69, 9.17) is 0 Å². The number of hydrogen-bond donors (Lipinski definition) is 2. The summed E-state index contributed by atoms with van der Waals surface area (Å²) < 4.78 is 0.873. The lowest BCUT2D eigenvalue weighted by atomic mass is 9.60. The highest BCUT2D eigenvalue weighted by atomic mass is 16.3. The van der Waals surface area contributed by atoms with Crippen LogP contribution in [0.4, 0.5) is 5.69 Å². The van der Waals surface area contributed by atoms with Crippen molar-refractivity contribution in [1.82, 2.24) is 0 Å². The van der Waals surface area contributed by atoms with Crippen LogP contribution in [0.15, 0.2) is 24.3 Å². The van der Waals surface area contributed by atoms with Gasteiger partial charge in [0.15, 0.2) is 6.23 Å². The van der Waals surface area contributed by atoms with Crippen LogP contribution >= 0.6 is 0 Å². The number of quaternary nitrogens is 1. The van der Waals surface area contributed by atoms with E-state index in [1.807, 2.05) is 0 Å². The van der Waals surface area contributed by atoms with Gasteiger partial charge in [-0.15, -0.1) is 0 Å². The van der Waals surface area contributed by atoms with Gasteiger partial charge in [0, 0.05) is 37.4 Å². The van der Waals surface area contributed by atoms with E-state index in [1.54, 1.807) is 0 Å². The van der Waals surface area contributed by atoms with Crippen LogP contribution in [0.1, 0.15) is 45.1 Å². The van der Waals surface area contributed by atoms with E-state index < -0.39 is 0 Å². The van der Waals surface area contributed by atoms with Crippen molar-refractivity contribution < 1.29 is 14.7 Å². The summed E-state index contributed by atoms with van der Waals surface area (Å²) in [5, 5.41) is 23.6. The van der Waals surface area contributed by atoms with Gasteiger partial charge in [0.2, 0.25) is 0 Å². The van der Waals surface area contributed by atoms with E-state index >= 15 is 0 Å². The summed E-state index contributed by atoms with van der Waals surface area (Å²) in [7, 11) is 2.23. The summed E-state index contributed by atoms with van der Waals surface area (Å²) in [6, 6.07) is 9.97. The molecule has 146 valence electrons. The average Bonchev–Trinajstić information content (AvgIpc) is 3.06. The van der Waals surface area contributed by atoms with Crippen molar-refractivity contribution in [3.05, 3.63) is 29.8 Å². The number of fused-ring (bicyclic) bond motifs is 2. The van der Waals surface area contributed by atoms with Crippen molar-refractivity contribution >= 4 is 5.69 Å². The van der Waals surface area contributed by atoms with E-state index in [0.29, 0.717) is 35.9 Å². The van der Waals surface area contributed by atoms with Crippen LogP contribution in [0.5, 0.6) is 0 Å². The Morgan fingerprint density at radius 1 is 1.19 bits per heavy atom. The fourth-order valence-corrected chi connectivity index (χ4v) is 9.23. The molecule has 1 aromatic carbocycles. The van der Waals surface area contributed by atoms with Gasteiger partial charge < -0.3 is 15.1 Å². The second kappa shape index (κ2) is 5.08. The first-order valence-corrected chi connectivity index (χ1v) is 11.1. The number of anilines is 1. The van der Waals surface area contributed by atoms with E-state index in [1.165, 1.54) is 17.7 Å². The standard InChI is InChI=1S/C23H33N2O2/c1-4-10-25-17-11-14(13(5-2)22(25)27)19-18(25)12-23(21(19)26)15-8-6-7-9-16(15)24(3)20(17)23/h6-9,13-14,17-22,26-27H,4-5,10-12H2,1-3H3/q+1/t13-,14?,17-,18-,19?,20-,21+,22+,23?,25?/m0/s1. The molecule has 2 N–H and O–H groups in total. The normalized spacial score (nSPS) is 53.7. The predicted octanol–water partition coefficient (Wildman–Crippen LogP) is 2.48. The number of likely N-dealkylation sites (N-methyl/N-ethyl adjacent to an activating group) is 1. The van der Waals surface area contributed by atoms with E-state index in [2.05, 4.69) is 50.1 Å². The minimum absolute atomic E-state index is 0.127. The molecule has 7 rings (SSSR count). The summed E-state index contributed by atoms with van der Waals surface area (Å²) in [5.74, 6) is 1.18. The lowest BCUT2D eigenvalue weighted by molar-refractivity contribution is -1.04. The first-order valence-electron chi connectivity index (χ1n) is 11.1. The maximum absolute atomic E-state index is 11.9. The summed E-state index contributed by atoms with van der Waals surface area (Å²) >= 11 is 0. The van der Waals surface area contributed by atoms with Gasteiger partial charge in [-0.05, 0) is 30.4 Å². The molecule has 5 heterocycles. The number of piperidine rings is 4. The molecule has 1 aliphatic carbocycles. The molecule has 4 unspecified atom stereocenters. The van der Waals surface area contributed by atoms with Gasteiger partial charge in [0.05, 0.1) is 30.1 Å². The third-order valence-corrected chi connectivity index (χ3v) is 9.73. The molecular formula is C23H33N2O2+. The molecule has 4 heteroatoms. The van der Waals surface area contributed by atoms with Crippen molar-refractivity contribution in [2.24, 2.45) is 17.8 Å². The smallest absolute Gasteiger partial charge is 0.194 e. The maximum Gasteiger partial charge on any atom is 0.194 e. The van der Waals surface area contributed by atoms with Crippen LogP contribution in [0, 0.1) is 17.8 Å². The lowest BCUT2D eigenvalue weighted by Crippen LogP contribution is -2.83. The number of para-hydroxylation sites is 1. The van der Waals surface area contributed by atoms with Gasteiger partial charge in [0.1, 0.15) is 6.04 Å². The minimum atomic E-state index is -0.271. The fraction of sp³-hybridized carbons (Fsp3) is 0.739. The first-order chi connectivity index (χ1) is 13.0. The average molecular weight is 370 g/mol. The van der Waals surface area contributed by atoms with Crippen LogP contribution in [0.3, 0.4) is 0 Å². The molecule has 0 radical (unpaired) electrons. The zero-order chi connectivity index (χ0) is 18.7. The molecule has 0 aromatic heterocycles. The van der Waals surface area contributed by atoms with Crippen LogP contribution in [0.2, 0.25) is 0 Å². The molecule has 5 fully saturated rings. The van der Waals surface area contributed by atoms with Crippen molar-refractivity contribution in [3.8, 4) is 0 Å². The summed E-state index contributed by atoms with van der Waals surface area (Å²) in [5.41, 5.74) is 2.56. The Bertz CT molecular complexity index is 798. The molecule has 5 aliphatic heterocycles. The second-order valence-corrected chi connectivity index (χ2v) is 10.1. The summed E-state index contributed by atoms with van der Waals surface area (Å²) in [6.45, 7) is 5.56. The molecular weight excluding hydrogens is 336 g/mol. The van der Waals surface area contributed by atoms with Crippen LogP contribution in [-0.4, -0.2) is 58.7 Å². The monoisotopic (exact) mass is 369 g/mol. The number of aliphatic hydroxyl groups is 2. The topological polar surface area (TPSA) is 43.7 Å². The van der Waals surface area contributed by atoms with Gasteiger partial charge in [-0.2, -0.15) is 0 Å². The fourth-order valence-electron chi connectivity index (χ4n) is 9.23. The quantitative estimate of drug-likeness (QED) is 0.805. The van der Waals surface area contributed by atoms with Crippen molar-refractivity contribution in [2.45, 2.75) is 75.4 Å². The van der Waals surface area contributed by atoms with Gasteiger partial charge >= 0.3 is 0 Å². The Balaban J connectivity index is 1.62. The van der Waals surface area contributed by atoms with Gasteiger partial charge in [-0.3, -0.25) is 4.48 Å². The largest absolute Gasteiger partial charge is 0.392 e. The Morgan fingerprint density at radius 3 is 2.70 bits per heavy atom. The summed E-state index contributed by atoms with van der Waals surface area (Å²) in [6.07, 6.45) is 3.84. The number of rotatable bonds is 3. The lowest BCUT2D eigenvalue weighted by Gasteiger charge is -2.68. The highest BCUT2D eigenvalue weighted by molar-refractivity contribution is 5.66. The molecule has 10 atom stereocenters. The van der Waals surface area contributed by atoms with Gasteiger partial charge in [-0.25, -0.2) is 0 Å². The zero-order valence-corrected chi connectivity index (χ0v) is 16.8. The minimum Gasteiger partial charge on any atom is -0.392 e. The second-order valence-electron chi connectivity index (χ2n) is 10.1. The molecule has 27 heavy (non-hydrogen) atoms. The number of hydrogen-bond acceptors (Lipinski definition) is 3. The predicted molar refractivity (Wildman–Crippen MR) is 105 cm³/mol. The Labute approximate surface area is 162 Å². The number of benzene rings is 1. The van der Waals surface area contributed by atoms with Crippen LogP contribution in [-0.2, 0) is 5.41 Å². The Hall–Kier alpha value is -1.10. The molecule has 5 bridgehead atoms. The van der Waals surface area contributed by atoms with Crippen LogP contribution in [0.25, 0.3) is 0 Å². The summed E-state index contributed by atoms with van der Waals surface area (Å²) in [4.78, 5) is 2.48. The zero-order valence-electron chi connectivity index (χ0n) is 16.8. The highest BCUT2D eigenvalue weighted by Gasteiger charge is 2.82. The van der Waals surface area contributed by atoms with Crippen molar-refractivity contribution in [1.29, 1.82) is 0 Å². The Kier molecular flexibility index (Phi) is 3.17. The first kappa shape index (κ1) is 16.8. The number of aliphatic hydroxyl groups excluding tert-OH is 2. The third-order valence-electron chi connectivity index (χ3n) is 9.73. The van der Waals surface area contributed by atoms with E-state index in [0.717, 1.165) is 30.3 Å². The van der Waals surface area contributed by atoms with E-state index in [9.17, 15) is 10.2 Å².